The fourth-order valence-electron chi connectivity index (χ4n) is 4.14. The third kappa shape index (κ3) is 11.1. The maximum absolute atomic E-state index is 12.8. The fourth-order valence-corrected chi connectivity index (χ4v) is 4.14. The molecule has 5 nitrogen and oxygen atoms in total. The molecule has 0 amide bonds. The Kier molecular flexibility index (Phi) is 14.0. The van der Waals surface area contributed by atoms with Gasteiger partial charge >= 0.3 is 5.63 Å². The van der Waals surface area contributed by atoms with Gasteiger partial charge in [-0.15, -0.1) is 0 Å². The van der Waals surface area contributed by atoms with Gasteiger partial charge in [0.2, 0.25) is 5.75 Å². The quantitative estimate of drug-likeness (QED) is 0.113. The van der Waals surface area contributed by atoms with E-state index in [1.54, 1.807) is 6.07 Å². The molecule has 0 aliphatic heterocycles. The van der Waals surface area contributed by atoms with Crippen LogP contribution in [0.2, 0.25) is 0 Å². The van der Waals surface area contributed by atoms with Crippen LogP contribution >= 0.6 is 0 Å². The maximum atomic E-state index is 12.8. The van der Waals surface area contributed by atoms with Gasteiger partial charge in [-0.2, -0.15) is 0 Å². The largest absolute Gasteiger partial charge is 0.493 e. The highest BCUT2D eigenvalue weighted by Gasteiger charge is 2.22. The molecular formula is C32H48O5. The molecule has 0 saturated heterocycles. The molecule has 0 N–H and O–H groups in total. The molecule has 2 aromatic rings. The molecule has 0 unspecified atom stereocenters. The molecule has 5 heteroatoms. The van der Waals surface area contributed by atoms with Crippen LogP contribution in [-0.4, -0.2) is 19.3 Å². The number of benzene rings is 1. The van der Waals surface area contributed by atoms with E-state index in [1.807, 2.05) is 26.0 Å². The predicted molar refractivity (Wildman–Crippen MR) is 154 cm³/mol. The molecule has 0 saturated carbocycles. The number of ether oxygens (including phenoxy) is 3. The van der Waals surface area contributed by atoms with E-state index in [0.29, 0.717) is 35.7 Å². The van der Waals surface area contributed by atoms with E-state index in [-0.39, 0.29) is 11.9 Å². The summed E-state index contributed by atoms with van der Waals surface area (Å²) in [6.07, 6.45) is 16.0. The average Bonchev–Trinajstić information content (AvgIpc) is 2.84. The van der Waals surface area contributed by atoms with E-state index in [1.165, 1.54) is 49.7 Å². The number of hydrogen-bond acceptors (Lipinski definition) is 5. The van der Waals surface area contributed by atoms with Gasteiger partial charge < -0.3 is 18.6 Å². The van der Waals surface area contributed by atoms with Gasteiger partial charge in [-0.05, 0) is 72.1 Å². The zero-order valence-corrected chi connectivity index (χ0v) is 24.0. The lowest BCUT2D eigenvalue weighted by Crippen LogP contribution is -2.15. The van der Waals surface area contributed by atoms with Crippen molar-refractivity contribution in [1.82, 2.24) is 0 Å². The van der Waals surface area contributed by atoms with Crippen LogP contribution in [0.25, 0.3) is 11.0 Å². The first kappa shape index (κ1) is 30.5. The molecular weight excluding hydrogens is 464 g/mol. The van der Waals surface area contributed by atoms with Crippen molar-refractivity contribution >= 4 is 11.0 Å². The van der Waals surface area contributed by atoms with E-state index in [0.717, 1.165) is 25.7 Å². The van der Waals surface area contributed by atoms with E-state index in [4.69, 9.17) is 18.6 Å². The molecule has 0 atom stereocenters. The van der Waals surface area contributed by atoms with Crippen molar-refractivity contribution < 1.29 is 18.6 Å². The summed E-state index contributed by atoms with van der Waals surface area (Å²) >= 11 is 0. The van der Waals surface area contributed by atoms with Crippen molar-refractivity contribution in [3.63, 3.8) is 0 Å². The van der Waals surface area contributed by atoms with Crippen molar-refractivity contribution in [3.8, 4) is 17.2 Å². The third-order valence-electron chi connectivity index (χ3n) is 6.17. The Morgan fingerprint density at radius 1 is 0.919 bits per heavy atom. The van der Waals surface area contributed by atoms with E-state index in [2.05, 4.69) is 39.8 Å². The summed E-state index contributed by atoms with van der Waals surface area (Å²) < 4.78 is 23.9. The predicted octanol–water partition coefficient (Wildman–Crippen LogP) is 9.17. The second kappa shape index (κ2) is 16.9. The number of hydrogen-bond donors (Lipinski definition) is 0. The van der Waals surface area contributed by atoms with Gasteiger partial charge in [-0.1, -0.05) is 75.2 Å². The van der Waals surface area contributed by atoms with Crippen LogP contribution < -0.4 is 19.8 Å². The average molecular weight is 513 g/mol. The summed E-state index contributed by atoms with van der Waals surface area (Å²) in [5.41, 5.74) is 2.46. The number of unbranched alkanes of at least 4 members (excludes halogenated alkanes) is 7. The van der Waals surface area contributed by atoms with Crippen LogP contribution in [0.4, 0.5) is 0 Å². The molecule has 0 aliphatic carbocycles. The van der Waals surface area contributed by atoms with Crippen molar-refractivity contribution in [2.45, 2.75) is 112 Å². The van der Waals surface area contributed by atoms with Crippen LogP contribution in [0.15, 0.2) is 50.7 Å². The molecule has 37 heavy (non-hydrogen) atoms. The summed E-state index contributed by atoms with van der Waals surface area (Å²) in [6, 6.07) is 5.51. The fraction of sp³-hybridized carbons (Fsp3) is 0.594. The molecule has 1 aromatic carbocycles. The van der Waals surface area contributed by atoms with Gasteiger partial charge in [0.05, 0.1) is 12.7 Å². The smallest absolute Gasteiger partial charge is 0.383 e. The molecule has 0 radical (unpaired) electrons. The molecule has 1 heterocycles. The summed E-state index contributed by atoms with van der Waals surface area (Å²) in [7, 11) is 0. The Hall–Kier alpha value is -2.69. The number of allylic oxidation sites excluding steroid dienone is 3. The van der Waals surface area contributed by atoms with E-state index >= 15 is 0 Å². The van der Waals surface area contributed by atoms with Gasteiger partial charge in [0.25, 0.3) is 0 Å². The molecule has 0 aliphatic rings. The monoisotopic (exact) mass is 512 g/mol. The van der Waals surface area contributed by atoms with Gasteiger partial charge in [0.1, 0.15) is 23.3 Å². The number of rotatable bonds is 18. The Morgan fingerprint density at radius 2 is 1.62 bits per heavy atom. The summed E-state index contributed by atoms with van der Waals surface area (Å²) in [4.78, 5) is 12.8. The van der Waals surface area contributed by atoms with Crippen molar-refractivity contribution in [3.05, 3.63) is 51.9 Å². The van der Waals surface area contributed by atoms with Gasteiger partial charge in [0.15, 0.2) is 5.75 Å². The first-order chi connectivity index (χ1) is 17.8. The topological polar surface area (TPSA) is 57.9 Å². The summed E-state index contributed by atoms with van der Waals surface area (Å²) in [5, 5.41) is 0.646. The van der Waals surface area contributed by atoms with Gasteiger partial charge in [-0.25, -0.2) is 4.79 Å². The maximum Gasteiger partial charge on any atom is 0.383 e. The lowest BCUT2D eigenvalue weighted by molar-refractivity contribution is 0.216. The Labute approximate surface area is 223 Å². The minimum atomic E-state index is -0.541. The highest BCUT2D eigenvalue weighted by molar-refractivity contribution is 5.91. The van der Waals surface area contributed by atoms with Crippen LogP contribution in [0.3, 0.4) is 0 Å². The first-order valence-electron chi connectivity index (χ1n) is 14.1. The number of fused-ring (bicyclic) bond motifs is 1. The Morgan fingerprint density at radius 3 is 2.30 bits per heavy atom. The van der Waals surface area contributed by atoms with Crippen molar-refractivity contribution in [1.29, 1.82) is 0 Å². The molecule has 206 valence electrons. The Bertz CT molecular complexity index is 1060. The minimum absolute atomic E-state index is 0.0984. The first-order valence-corrected chi connectivity index (χ1v) is 14.1. The summed E-state index contributed by atoms with van der Waals surface area (Å²) in [5.74, 6) is 1.14. The second-order valence-electron chi connectivity index (χ2n) is 10.3. The highest BCUT2D eigenvalue weighted by Crippen LogP contribution is 2.39. The van der Waals surface area contributed by atoms with E-state index < -0.39 is 5.63 Å². The molecule has 0 fully saturated rings. The third-order valence-corrected chi connectivity index (χ3v) is 6.17. The normalized spacial score (nSPS) is 11.7. The summed E-state index contributed by atoms with van der Waals surface area (Å²) in [6.45, 7) is 13.3. The van der Waals surface area contributed by atoms with Crippen LogP contribution in [0.1, 0.15) is 106 Å². The second-order valence-corrected chi connectivity index (χ2v) is 10.3. The Balaban J connectivity index is 2.17. The highest BCUT2D eigenvalue weighted by atomic mass is 16.5. The lowest BCUT2D eigenvalue weighted by Gasteiger charge is -2.17. The van der Waals surface area contributed by atoms with Crippen LogP contribution in [0, 0.1) is 0 Å². The molecule has 0 spiro atoms. The van der Waals surface area contributed by atoms with Crippen LogP contribution in [-0.2, 0) is 0 Å². The SMILES string of the molecule is CCCCCCCCCCOc1cccc2oc(=O)c(OC(C)C)c(OCC=C(C)CCC=C(C)C)c12. The van der Waals surface area contributed by atoms with Crippen molar-refractivity contribution in [2.75, 3.05) is 13.2 Å². The minimum Gasteiger partial charge on any atom is -0.493 e. The zero-order valence-electron chi connectivity index (χ0n) is 24.0. The van der Waals surface area contributed by atoms with Crippen molar-refractivity contribution in [2.24, 2.45) is 0 Å². The standard InChI is InChI=1S/C32H48O5/c1-7-8-9-10-11-12-13-14-22-34-27-19-16-20-28-29(27)30(31(32(33)37-28)36-25(4)5)35-23-21-26(6)18-15-17-24(2)3/h16-17,19-21,25H,7-15,18,22-23H2,1-6H3. The van der Waals surface area contributed by atoms with Gasteiger partial charge in [0, 0.05) is 0 Å². The molecule has 1 aromatic heterocycles. The van der Waals surface area contributed by atoms with Crippen LogP contribution in [0.5, 0.6) is 17.2 Å². The van der Waals surface area contributed by atoms with Gasteiger partial charge in [-0.3, -0.25) is 0 Å². The van der Waals surface area contributed by atoms with E-state index in [9.17, 15) is 4.79 Å². The zero-order chi connectivity index (χ0) is 27.0. The lowest BCUT2D eigenvalue weighted by atomic mass is 10.1. The molecule has 0 bridgehead atoms. The molecule has 2 rings (SSSR count).